The van der Waals surface area contributed by atoms with Gasteiger partial charge in [0.25, 0.3) is 0 Å². The van der Waals surface area contributed by atoms with Gasteiger partial charge in [-0.15, -0.1) is 0 Å². The zero-order valence-corrected chi connectivity index (χ0v) is 15.5. The van der Waals surface area contributed by atoms with Gasteiger partial charge >= 0.3 is 0 Å². The number of pyridine rings is 1. The van der Waals surface area contributed by atoms with Crippen LogP contribution in [0.3, 0.4) is 0 Å². The highest BCUT2D eigenvalue weighted by Gasteiger charge is 2.28. The van der Waals surface area contributed by atoms with Gasteiger partial charge < -0.3 is 19.4 Å². The molecule has 1 aliphatic rings. The van der Waals surface area contributed by atoms with Crippen LogP contribution in [-0.4, -0.2) is 41.0 Å². The first kappa shape index (κ1) is 17.1. The lowest BCUT2D eigenvalue weighted by Gasteiger charge is -2.36. The number of rotatable bonds is 4. The summed E-state index contributed by atoms with van der Waals surface area (Å²) in [7, 11) is 2.02. The number of hydrogen-bond donors (Lipinski definition) is 1. The maximum Gasteiger partial charge on any atom is 0.129 e. The maximum absolute atomic E-state index is 6.21. The van der Waals surface area contributed by atoms with E-state index in [2.05, 4.69) is 54.6 Å². The fourth-order valence-electron chi connectivity index (χ4n) is 3.45. The molecule has 0 amide bonds. The van der Waals surface area contributed by atoms with Gasteiger partial charge in [-0.1, -0.05) is 0 Å². The lowest BCUT2D eigenvalue weighted by atomic mass is 10.1. The molecular formula is C21H25N3O2. The Morgan fingerprint density at radius 1 is 1.31 bits per heavy atom. The highest BCUT2D eigenvalue weighted by atomic mass is 16.5. The van der Waals surface area contributed by atoms with E-state index in [1.807, 2.05) is 30.1 Å². The van der Waals surface area contributed by atoms with E-state index in [1.165, 1.54) is 0 Å². The molecule has 26 heavy (non-hydrogen) atoms. The molecule has 1 fully saturated rings. The highest BCUT2D eigenvalue weighted by Crippen LogP contribution is 2.32. The number of morpholine rings is 1. The van der Waals surface area contributed by atoms with Crippen LogP contribution < -0.4 is 10.1 Å². The summed E-state index contributed by atoms with van der Waals surface area (Å²) in [5.74, 6) is 0.849. The van der Waals surface area contributed by atoms with Crippen LogP contribution in [0.25, 0.3) is 22.0 Å². The van der Waals surface area contributed by atoms with Gasteiger partial charge in [0.05, 0.1) is 11.1 Å². The van der Waals surface area contributed by atoms with Crippen LogP contribution in [0.1, 0.15) is 13.8 Å². The summed E-state index contributed by atoms with van der Waals surface area (Å²) >= 11 is 0. The fourth-order valence-corrected chi connectivity index (χ4v) is 3.45. The Morgan fingerprint density at radius 2 is 2.19 bits per heavy atom. The molecule has 0 saturated carbocycles. The summed E-state index contributed by atoms with van der Waals surface area (Å²) in [6.07, 6.45) is 6.00. The Labute approximate surface area is 153 Å². The summed E-state index contributed by atoms with van der Waals surface area (Å²) in [4.78, 5) is 4.52. The van der Waals surface area contributed by atoms with Crippen LogP contribution in [0, 0.1) is 0 Å². The van der Waals surface area contributed by atoms with Crippen LogP contribution >= 0.6 is 0 Å². The Kier molecular flexibility index (Phi) is 4.42. The van der Waals surface area contributed by atoms with E-state index < -0.39 is 0 Å². The van der Waals surface area contributed by atoms with Crippen LogP contribution in [-0.2, 0) is 11.8 Å². The Balaban J connectivity index is 1.63. The average Bonchev–Trinajstić information content (AvgIpc) is 3.05. The average molecular weight is 351 g/mol. The molecule has 4 rings (SSSR count). The van der Waals surface area contributed by atoms with E-state index in [9.17, 15) is 0 Å². The second kappa shape index (κ2) is 6.74. The predicted octanol–water partition coefficient (Wildman–Crippen LogP) is 3.39. The molecule has 1 aliphatic heterocycles. The molecule has 3 heterocycles. The van der Waals surface area contributed by atoms with Crippen LogP contribution in [0.5, 0.6) is 5.75 Å². The maximum atomic E-state index is 6.21. The molecular weight excluding hydrogens is 326 g/mol. The van der Waals surface area contributed by atoms with Crippen LogP contribution in [0.15, 0.2) is 48.9 Å². The Bertz CT molecular complexity index is 917. The van der Waals surface area contributed by atoms with Gasteiger partial charge in [0.2, 0.25) is 0 Å². The number of aromatic nitrogens is 2. The fraction of sp³-hybridized carbons (Fsp3) is 0.381. The van der Waals surface area contributed by atoms with Crippen molar-refractivity contribution in [1.82, 2.24) is 14.9 Å². The summed E-state index contributed by atoms with van der Waals surface area (Å²) in [5, 5.41) is 4.44. The molecule has 3 aromatic rings. The molecule has 0 bridgehead atoms. The quantitative estimate of drug-likeness (QED) is 0.783. The number of fused-ring (bicyclic) bond motifs is 1. The molecule has 1 aromatic carbocycles. The van der Waals surface area contributed by atoms with E-state index in [-0.39, 0.29) is 11.7 Å². The zero-order valence-electron chi connectivity index (χ0n) is 15.5. The van der Waals surface area contributed by atoms with E-state index in [1.54, 1.807) is 0 Å². The van der Waals surface area contributed by atoms with Crippen molar-refractivity contribution in [3.05, 3.63) is 48.9 Å². The second-order valence-corrected chi connectivity index (χ2v) is 7.55. The molecule has 2 aromatic heterocycles. The van der Waals surface area contributed by atoms with Crippen molar-refractivity contribution >= 4 is 10.9 Å². The number of nitrogens with zero attached hydrogens (tertiary/aromatic N) is 2. The lowest BCUT2D eigenvalue weighted by molar-refractivity contribution is -0.106. The predicted molar refractivity (Wildman–Crippen MR) is 103 cm³/mol. The minimum atomic E-state index is -0.165. The summed E-state index contributed by atoms with van der Waals surface area (Å²) < 4.78 is 14.4. The van der Waals surface area contributed by atoms with Crippen molar-refractivity contribution < 1.29 is 9.47 Å². The highest BCUT2D eigenvalue weighted by molar-refractivity contribution is 5.89. The Hall–Kier alpha value is -2.37. The van der Waals surface area contributed by atoms with Gasteiger partial charge in [0.15, 0.2) is 0 Å². The van der Waals surface area contributed by atoms with Crippen molar-refractivity contribution in [3.63, 3.8) is 0 Å². The van der Waals surface area contributed by atoms with Gasteiger partial charge in [-0.25, -0.2) is 0 Å². The van der Waals surface area contributed by atoms with E-state index in [0.29, 0.717) is 6.61 Å². The topological polar surface area (TPSA) is 48.3 Å². The first-order chi connectivity index (χ1) is 12.5. The van der Waals surface area contributed by atoms with E-state index in [4.69, 9.17) is 9.47 Å². The van der Waals surface area contributed by atoms with Gasteiger partial charge in [-0.2, -0.15) is 0 Å². The molecule has 0 spiro atoms. The van der Waals surface area contributed by atoms with Crippen LogP contribution in [0.2, 0.25) is 0 Å². The summed E-state index contributed by atoms with van der Waals surface area (Å²) in [6.45, 7) is 6.37. The SMILES string of the molecule is Cn1ccc(-c2cc(OC[C@@H]3CNCC(C)(C)O3)c3cccnc3c2)c1. The first-order valence-corrected chi connectivity index (χ1v) is 9.03. The third-order valence-corrected chi connectivity index (χ3v) is 4.68. The monoisotopic (exact) mass is 351 g/mol. The molecule has 5 nitrogen and oxygen atoms in total. The van der Waals surface area contributed by atoms with Gasteiger partial charge in [-0.3, -0.25) is 4.98 Å². The second-order valence-electron chi connectivity index (χ2n) is 7.55. The molecule has 0 radical (unpaired) electrons. The van der Waals surface area contributed by atoms with E-state index in [0.717, 1.165) is 40.9 Å². The van der Waals surface area contributed by atoms with Crippen molar-refractivity contribution in [2.45, 2.75) is 25.6 Å². The molecule has 1 atom stereocenters. The Morgan fingerprint density at radius 3 is 2.96 bits per heavy atom. The number of ether oxygens (including phenoxy) is 2. The number of benzene rings is 1. The third-order valence-electron chi connectivity index (χ3n) is 4.68. The number of hydrogen-bond acceptors (Lipinski definition) is 4. The van der Waals surface area contributed by atoms with Gasteiger partial charge in [0, 0.05) is 44.1 Å². The van der Waals surface area contributed by atoms with Gasteiger partial charge in [0.1, 0.15) is 18.5 Å². The first-order valence-electron chi connectivity index (χ1n) is 9.03. The number of nitrogens with one attached hydrogen (secondary N) is 1. The normalized spacial score (nSPS) is 19.6. The summed E-state index contributed by atoms with van der Waals surface area (Å²) in [6, 6.07) is 10.3. The molecule has 0 aliphatic carbocycles. The molecule has 1 N–H and O–H groups in total. The molecule has 5 heteroatoms. The minimum absolute atomic E-state index is 0.0332. The molecule has 136 valence electrons. The minimum Gasteiger partial charge on any atom is -0.490 e. The van der Waals surface area contributed by atoms with Crippen molar-refractivity contribution in [1.29, 1.82) is 0 Å². The molecule has 1 saturated heterocycles. The zero-order chi connectivity index (χ0) is 18.1. The van der Waals surface area contributed by atoms with Crippen molar-refractivity contribution in [3.8, 4) is 16.9 Å². The van der Waals surface area contributed by atoms with E-state index >= 15 is 0 Å². The van der Waals surface area contributed by atoms with Crippen molar-refractivity contribution in [2.75, 3.05) is 19.7 Å². The summed E-state index contributed by atoms with van der Waals surface area (Å²) in [5.41, 5.74) is 3.03. The van der Waals surface area contributed by atoms with Gasteiger partial charge in [-0.05, 0) is 55.3 Å². The largest absolute Gasteiger partial charge is 0.490 e. The van der Waals surface area contributed by atoms with Crippen LogP contribution in [0.4, 0.5) is 0 Å². The van der Waals surface area contributed by atoms with Crippen molar-refractivity contribution in [2.24, 2.45) is 7.05 Å². The smallest absolute Gasteiger partial charge is 0.129 e. The number of aryl methyl sites for hydroxylation is 1. The standard InChI is InChI=1S/C21H25N3O2/c1-21(2)14-22-11-17(26-21)13-25-20-10-16(15-6-8-24(3)12-15)9-19-18(20)5-4-7-23-19/h4-10,12,17,22H,11,13-14H2,1-3H3/t17-/m0/s1. The molecule has 0 unspecified atom stereocenters. The third kappa shape index (κ3) is 3.59. The lowest BCUT2D eigenvalue weighted by Crippen LogP contribution is -2.52.